The number of rotatable bonds is 3. The highest BCUT2D eigenvalue weighted by Crippen LogP contribution is 2.11. The van der Waals surface area contributed by atoms with Crippen molar-refractivity contribution in [1.82, 2.24) is 25.0 Å². The summed E-state index contributed by atoms with van der Waals surface area (Å²) in [6.45, 7) is 0. The molecule has 1 atom stereocenters. The maximum atomic E-state index is 9.70. The van der Waals surface area contributed by atoms with Crippen molar-refractivity contribution in [3.8, 4) is 0 Å². The van der Waals surface area contributed by atoms with Gasteiger partial charge in [0.15, 0.2) is 0 Å². The summed E-state index contributed by atoms with van der Waals surface area (Å²) in [4.78, 5) is 6.81. The molecule has 2 N–H and O–H groups in total. The monoisotopic (exact) mass is 193 g/mol. The fourth-order valence-electron chi connectivity index (χ4n) is 1.24. The van der Waals surface area contributed by atoms with Gasteiger partial charge in [0, 0.05) is 32.1 Å². The average Bonchev–Trinajstić information content (AvgIpc) is 2.75. The van der Waals surface area contributed by atoms with E-state index in [1.165, 1.54) is 0 Å². The number of imidazole rings is 1. The third-order valence-corrected chi connectivity index (χ3v) is 1.89. The van der Waals surface area contributed by atoms with Crippen molar-refractivity contribution in [1.29, 1.82) is 0 Å². The summed E-state index contributed by atoms with van der Waals surface area (Å²) in [7, 11) is 1.79. The van der Waals surface area contributed by atoms with E-state index in [0.717, 1.165) is 5.69 Å². The summed E-state index contributed by atoms with van der Waals surface area (Å²) >= 11 is 0. The van der Waals surface area contributed by atoms with Crippen LogP contribution >= 0.6 is 0 Å². The highest BCUT2D eigenvalue weighted by atomic mass is 16.3. The molecule has 0 aliphatic heterocycles. The Morgan fingerprint density at radius 2 is 2.50 bits per heavy atom. The SMILES string of the molecule is Cn1cc(CC(O)c2ncc[nH]2)nn1. The van der Waals surface area contributed by atoms with Crippen LogP contribution in [-0.4, -0.2) is 30.1 Å². The molecule has 1 unspecified atom stereocenters. The molecule has 0 saturated carbocycles. The standard InChI is InChI=1S/C8H11N5O/c1-13-5-6(11-12-13)4-7(14)8-9-2-3-10-8/h2-3,5,7,14H,4H2,1H3,(H,9,10). The molecule has 0 aliphatic carbocycles. The first-order valence-electron chi connectivity index (χ1n) is 4.28. The summed E-state index contributed by atoms with van der Waals surface area (Å²) in [6, 6.07) is 0. The van der Waals surface area contributed by atoms with Gasteiger partial charge in [0.05, 0.1) is 5.69 Å². The van der Waals surface area contributed by atoms with Gasteiger partial charge in [-0.15, -0.1) is 5.10 Å². The molecule has 0 fully saturated rings. The topological polar surface area (TPSA) is 79.6 Å². The summed E-state index contributed by atoms with van der Waals surface area (Å²) in [5, 5.41) is 17.4. The number of aromatic nitrogens is 5. The van der Waals surface area contributed by atoms with Crippen molar-refractivity contribution < 1.29 is 5.11 Å². The predicted molar refractivity (Wildman–Crippen MR) is 48.3 cm³/mol. The molecule has 0 aliphatic rings. The lowest BCUT2D eigenvalue weighted by molar-refractivity contribution is 0.168. The molecule has 14 heavy (non-hydrogen) atoms. The molecular formula is C8H11N5O. The minimum atomic E-state index is -0.651. The Morgan fingerprint density at radius 1 is 1.64 bits per heavy atom. The number of nitrogens with zero attached hydrogens (tertiary/aromatic N) is 4. The molecule has 0 spiro atoms. The third kappa shape index (κ3) is 1.80. The second kappa shape index (κ2) is 3.59. The van der Waals surface area contributed by atoms with E-state index in [0.29, 0.717) is 12.2 Å². The van der Waals surface area contributed by atoms with Crippen LogP contribution in [0.3, 0.4) is 0 Å². The highest BCUT2D eigenvalue weighted by molar-refractivity contribution is 5.00. The Morgan fingerprint density at radius 3 is 3.07 bits per heavy atom. The van der Waals surface area contributed by atoms with Gasteiger partial charge in [-0.25, -0.2) is 4.98 Å². The van der Waals surface area contributed by atoms with E-state index in [2.05, 4.69) is 20.3 Å². The molecule has 6 heteroatoms. The Bertz CT molecular complexity index is 394. The van der Waals surface area contributed by atoms with Gasteiger partial charge in [-0.2, -0.15) is 0 Å². The first-order valence-corrected chi connectivity index (χ1v) is 4.28. The fourth-order valence-corrected chi connectivity index (χ4v) is 1.24. The first-order chi connectivity index (χ1) is 6.75. The van der Waals surface area contributed by atoms with E-state index in [-0.39, 0.29) is 0 Å². The lowest BCUT2D eigenvalue weighted by Gasteiger charge is -2.03. The van der Waals surface area contributed by atoms with Crippen molar-refractivity contribution in [3.05, 3.63) is 30.1 Å². The molecule has 2 aromatic rings. The molecule has 6 nitrogen and oxygen atoms in total. The van der Waals surface area contributed by atoms with E-state index in [9.17, 15) is 5.11 Å². The normalized spacial score (nSPS) is 13.0. The number of aliphatic hydroxyl groups excluding tert-OH is 1. The zero-order valence-electron chi connectivity index (χ0n) is 7.75. The number of hydrogen-bond acceptors (Lipinski definition) is 4. The van der Waals surface area contributed by atoms with Crippen LogP contribution in [0.25, 0.3) is 0 Å². The quantitative estimate of drug-likeness (QED) is 0.708. The van der Waals surface area contributed by atoms with Gasteiger partial charge in [-0.05, 0) is 0 Å². The van der Waals surface area contributed by atoms with Gasteiger partial charge in [-0.1, -0.05) is 5.21 Å². The zero-order valence-corrected chi connectivity index (χ0v) is 7.75. The van der Waals surface area contributed by atoms with Gasteiger partial charge in [0.25, 0.3) is 0 Å². The molecule has 0 saturated heterocycles. The maximum absolute atomic E-state index is 9.70. The number of H-pyrrole nitrogens is 1. The Balaban J connectivity index is 2.05. The molecule has 0 amide bonds. The smallest absolute Gasteiger partial charge is 0.135 e. The average molecular weight is 193 g/mol. The second-order valence-corrected chi connectivity index (χ2v) is 3.08. The lowest BCUT2D eigenvalue weighted by atomic mass is 10.2. The molecule has 2 aromatic heterocycles. The number of aliphatic hydroxyl groups is 1. The lowest BCUT2D eigenvalue weighted by Crippen LogP contribution is -2.04. The van der Waals surface area contributed by atoms with Crippen LogP contribution in [0.15, 0.2) is 18.6 Å². The number of hydrogen-bond donors (Lipinski definition) is 2. The first kappa shape index (κ1) is 8.89. The van der Waals surface area contributed by atoms with Crippen LogP contribution in [0.4, 0.5) is 0 Å². The highest BCUT2D eigenvalue weighted by Gasteiger charge is 2.12. The minimum absolute atomic E-state index is 0.418. The van der Waals surface area contributed by atoms with E-state index in [1.807, 2.05) is 0 Å². The Kier molecular flexibility index (Phi) is 2.28. The van der Waals surface area contributed by atoms with Crippen molar-refractivity contribution in [3.63, 3.8) is 0 Å². The third-order valence-electron chi connectivity index (χ3n) is 1.89. The van der Waals surface area contributed by atoms with Gasteiger partial charge in [0.2, 0.25) is 0 Å². The van der Waals surface area contributed by atoms with Gasteiger partial charge in [-0.3, -0.25) is 4.68 Å². The summed E-state index contributed by atoms with van der Waals surface area (Å²) in [5.41, 5.74) is 0.747. The molecule has 74 valence electrons. The van der Waals surface area contributed by atoms with Crippen LogP contribution in [0.5, 0.6) is 0 Å². The number of aryl methyl sites for hydroxylation is 1. The van der Waals surface area contributed by atoms with E-state index in [1.54, 1.807) is 30.3 Å². The Labute approximate surface area is 80.6 Å². The van der Waals surface area contributed by atoms with Crippen molar-refractivity contribution in [2.24, 2.45) is 7.05 Å². The van der Waals surface area contributed by atoms with E-state index < -0.39 is 6.10 Å². The van der Waals surface area contributed by atoms with E-state index >= 15 is 0 Å². The summed E-state index contributed by atoms with van der Waals surface area (Å²) < 4.78 is 1.60. The molecule has 0 bridgehead atoms. The van der Waals surface area contributed by atoms with Crippen LogP contribution in [0.2, 0.25) is 0 Å². The zero-order chi connectivity index (χ0) is 9.97. The van der Waals surface area contributed by atoms with Crippen LogP contribution in [0, 0.1) is 0 Å². The van der Waals surface area contributed by atoms with Crippen molar-refractivity contribution in [2.45, 2.75) is 12.5 Å². The predicted octanol–water partition coefficient (Wildman–Crippen LogP) is -0.186. The summed E-state index contributed by atoms with van der Waals surface area (Å²) in [6.07, 6.45) is 4.82. The molecule has 2 rings (SSSR count). The van der Waals surface area contributed by atoms with Crippen LogP contribution < -0.4 is 0 Å². The number of nitrogens with one attached hydrogen (secondary N) is 1. The summed E-state index contributed by atoms with van der Waals surface area (Å²) in [5.74, 6) is 0.552. The number of aromatic amines is 1. The van der Waals surface area contributed by atoms with E-state index in [4.69, 9.17) is 0 Å². The van der Waals surface area contributed by atoms with Crippen LogP contribution in [0.1, 0.15) is 17.6 Å². The Hall–Kier alpha value is -1.69. The molecular weight excluding hydrogens is 182 g/mol. The van der Waals surface area contributed by atoms with Gasteiger partial charge >= 0.3 is 0 Å². The van der Waals surface area contributed by atoms with Crippen molar-refractivity contribution >= 4 is 0 Å². The minimum Gasteiger partial charge on any atom is -0.385 e. The second-order valence-electron chi connectivity index (χ2n) is 3.08. The van der Waals surface area contributed by atoms with Gasteiger partial charge in [0.1, 0.15) is 11.9 Å². The van der Waals surface area contributed by atoms with Gasteiger partial charge < -0.3 is 10.1 Å². The fraction of sp³-hybridized carbons (Fsp3) is 0.375. The largest absolute Gasteiger partial charge is 0.385 e. The molecule has 0 aromatic carbocycles. The van der Waals surface area contributed by atoms with Crippen molar-refractivity contribution in [2.75, 3.05) is 0 Å². The molecule has 2 heterocycles. The van der Waals surface area contributed by atoms with Crippen LogP contribution in [-0.2, 0) is 13.5 Å². The molecule has 0 radical (unpaired) electrons. The maximum Gasteiger partial charge on any atom is 0.135 e.